The number of unbranched alkanes of at least 4 members (excludes halogenated alkanes) is 3. The first kappa shape index (κ1) is 44.8. The van der Waals surface area contributed by atoms with Crippen molar-refractivity contribution in [2.75, 3.05) is 26.7 Å². The van der Waals surface area contributed by atoms with Crippen molar-refractivity contribution in [1.29, 1.82) is 0 Å². The molecule has 4 heteroatoms. The van der Waals surface area contributed by atoms with Crippen LogP contribution in [0.3, 0.4) is 0 Å². The molecule has 2 rings (SSSR count). The fourth-order valence-electron chi connectivity index (χ4n) is 4.45. The Hall–Kier alpha value is -2.64. The third kappa shape index (κ3) is 24.5. The van der Waals surface area contributed by atoms with Crippen LogP contribution in [0.1, 0.15) is 142 Å². The molecule has 43 heavy (non-hydrogen) atoms. The minimum Gasteiger partial charge on any atom is -0.404 e. The second kappa shape index (κ2) is 32.3. The van der Waals surface area contributed by atoms with Crippen LogP contribution in [0.5, 0.6) is 0 Å². The van der Waals surface area contributed by atoms with E-state index in [9.17, 15) is 4.79 Å². The van der Waals surface area contributed by atoms with Crippen molar-refractivity contribution in [1.82, 2.24) is 4.90 Å². The third-order valence-electron chi connectivity index (χ3n) is 6.99. The standard InChI is InChI=1S/C14H24N2.C14H20O.C6H15N.C3H4.C2H6/c1-2-3-4-5-8-14-10-9-13(12-15)7-6-11-16-14;1-5-14-11(4)8-13(10(2)3)9-12(14)6-7-15;1-4-6-7(3)5-2;1-3-2;1-2/h9-10,12H,2-8,11,15H2,1H3;7-10H,5-6H2,1-4H3;4-6H2,1-3H3;1H,2H3;1-2H3/b10-9-,13-12+,16-14?;;;;. The molecule has 0 spiro atoms. The summed E-state index contributed by atoms with van der Waals surface area (Å²) in [4.78, 5) is 17.6. The normalized spacial score (nSPS) is 13.7. The van der Waals surface area contributed by atoms with Gasteiger partial charge in [-0.2, -0.15) is 0 Å². The van der Waals surface area contributed by atoms with E-state index in [-0.39, 0.29) is 0 Å². The predicted octanol–water partition coefficient (Wildman–Crippen LogP) is 10.0. The Kier molecular flexibility index (Phi) is 33.6. The van der Waals surface area contributed by atoms with Gasteiger partial charge in [-0.1, -0.05) is 92.9 Å². The largest absolute Gasteiger partial charge is 0.404 e. The maximum atomic E-state index is 10.6. The summed E-state index contributed by atoms with van der Waals surface area (Å²) >= 11 is 0. The molecule has 1 aromatic rings. The highest BCUT2D eigenvalue weighted by atomic mass is 16.1. The summed E-state index contributed by atoms with van der Waals surface area (Å²) in [6.07, 6.45) is 22.9. The molecule has 0 saturated heterocycles. The molecule has 1 aliphatic heterocycles. The number of nitrogens with zero attached hydrogens (tertiary/aromatic N) is 2. The molecule has 1 aliphatic rings. The van der Waals surface area contributed by atoms with E-state index >= 15 is 0 Å². The molecule has 0 radical (unpaired) electrons. The molecule has 0 aliphatic carbocycles. The minimum atomic E-state index is 0.528. The Balaban J connectivity index is -0.000000548. The molecule has 2 N–H and O–H groups in total. The van der Waals surface area contributed by atoms with Gasteiger partial charge in [0, 0.05) is 18.7 Å². The molecular weight excluding hydrogens is 526 g/mol. The Labute approximate surface area is 268 Å². The van der Waals surface area contributed by atoms with E-state index in [1.807, 2.05) is 13.8 Å². The van der Waals surface area contributed by atoms with E-state index in [1.54, 1.807) is 13.1 Å². The van der Waals surface area contributed by atoms with Crippen LogP contribution in [-0.4, -0.2) is 43.6 Å². The van der Waals surface area contributed by atoms with Gasteiger partial charge in [0.15, 0.2) is 0 Å². The van der Waals surface area contributed by atoms with Crippen LogP contribution in [0.2, 0.25) is 0 Å². The first-order valence-electron chi connectivity index (χ1n) is 16.9. The fourth-order valence-corrected chi connectivity index (χ4v) is 4.45. The van der Waals surface area contributed by atoms with E-state index in [0.717, 1.165) is 38.5 Å². The van der Waals surface area contributed by atoms with Crippen molar-refractivity contribution in [3.63, 3.8) is 0 Å². The van der Waals surface area contributed by atoms with Crippen LogP contribution in [0.25, 0.3) is 0 Å². The van der Waals surface area contributed by atoms with Gasteiger partial charge in [-0.15, -0.1) is 12.3 Å². The third-order valence-corrected chi connectivity index (χ3v) is 6.99. The maximum absolute atomic E-state index is 10.6. The zero-order valence-electron chi connectivity index (χ0n) is 30.2. The Morgan fingerprint density at radius 2 is 1.72 bits per heavy atom. The van der Waals surface area contributed by atoms with Crippen molar-refractivity contribution in [3.05, 3.63) is 58.3 Å². The second-order valence-corrected chi connectivity index (χ2v) is 10.9. The van der Waals surface area contributed by atoms with Crippen molar-refractivity contribution in [3.8, 4) is 12.3 Å². The number of allylic oxidation sites excluding steroid dienone is 3. The Bertz CT molecular complexity index is 935. The topological polar surface area (TPSA) is 58.7 Å². The molecule has 246 valence electrons. The van der Waals surface area contributed by atoms with Gasteiger partial charge in [0.1, 0.15) is 6.29 Å². The molecular formula is C39H69N3O. The number of carbonyl (C=O) groups is 1. The quantitative estimate of drug-likeness (QED) is 0.149. The molecule has 0 atom stereocenters. The number of rotatable bonds is 12. The second-order valence-electron chi connectivity index (χ2n) is 10.9. The smallest absolute Gasteiger partial charge is 0.124 e. The van der Waals surface area contributed by atoms with Gasteiger partial charge in [0.2, 0.25) is 0 Å². The average molecular weight is 596 g/mol. The van der Waals surface area contributed by atoms with E-state index < -0.39 is 0 Å². The summed E-state index contributed by atoms with van der Waals surface area (Å²) in [6.45, 7) is 24.3. The van der Waals surface area contributed by atoms with Crippen molar-refractivity contribution < 1.29 is 4.79 Å². The van der Waals surface area contributed by atoms with Crippen LogP contribution >= 0.6 is 0 Å². The summed E-state index contributed by atoms with van der Waals surface area (Å²) in [5.74, 6) is 2.78. The number of hydrogen-bond donors (Lipinski definition) is 1. The molecule has 0 bridgehead atoms. The molecule has 0 saturated carbocycles. The lowest BCUT2D eigenvalue weighted by Crippen LogP contribution is -2.17. The van der Waals surface area contributed by atoms with Gasteiger partial charge in [-0.3, -0.25) is 4.99 Å². The summed E-state index contributed by atoms with van der Waals surface area (Å²) < 4.78 is 0. The minimum absolute atomic E-state index is 0.528. The van der Waals surface area contributed by atoms with Crippen LogP contribution in [0.4, 0.5) is 0 Å². The number of carbonyl (C=O) groups excluding carboxylic acids is 1. The highest BCUT2D eigenvalue weighted by molar-refractivity contribution is 5.95. The monoisotopic (exact) mass is 596 g/mol. The molecule has 0 amide bonds. The van der Waals surface area contributed by atoms with Crippen LogP contribution < -0.4 is 5.73 Å². The Morgan fingerprint density at radius 3 is 2.19 bits per heavy atom. The first-order chi connectivity index (χ1) is 20.7. The summed E-state index contributed by atoms with van der Waals surface area (Å²) in [5, 5.41) is 0. The number of aldehydes is 1. The van der Waals surface area contributed by atoms with Gasteiger partial charge >= 0.3 is 0 Å². The van der Waals surface area contributed by atoms with Gasteiger partial charge < -0.3 is 15.4 Å². The number of hydrogen-bond acceptors (Lipinski definition) is 4. The van der Waals surface area contributed by atoms with Gasteiger partial charge in [-0.05, 0) is 119 Å². The number of nitrogens with two attached hydrogens (primary N) is 1. The number of benzene rings is 1. The highest BCUT2D eigenvalue weighted by Gasteiger charge is 2.08. The Morgan fingerprint density at radius 1 is 1.07 bits per heavy atom. The van der Waals surface area contributed by atoms with Crippen molar-refractivity contribution in [2.45, 2.75) is 139 Å². The fraction of sp³-hybridized carbons (Fsp3) is 0.641. The maximum Gasteiger partial charge on any atom is 0.124 e. The van der Waals surface area contributed by atoms with Crippen molar-refractivity contribution in [2.24, 2.45) is 10.7 Å². The molecule has 0 fully saturated rings. The SMILES string of the molecule is C#CC.CC.CCCCCCC1=NCCCC(=C\N)/C=C\1.CCCN(C)CC.CCc1c(C)cc(C(C)C)cc1CC=O. The lowest BCUT2D eigenvalue weighted by molar-refractivity contribution is -0.107. The zero-order chi connectivity index (χ0) is 33.5. The summed E-state index contributed by atoms with van der Waals surface area (Å²) in [5.41, 5.74) is 13.2. The molecule has 4 nitrogen and oxygen atoms in total. The zero-order valence-corrected chi connectivity index (χ0v) is 30.2. The predicted molar refractivity (Wildman–Crippen MR) is 195 cm³/mol. The van der Waals surface area contributed by atoms with Gasteiger partial charge in [-0.25, -0.2) is 0 Å². The van der Waals surface area contributed by atoms with Gasteiger partial charge in [0.25, 0.3) is 0 Å². The molecule has 0 unspecified atom stereocenters. The van der Waals surface area contributed by atoms with Crippen molar-refractivity contribution >= 4 is 12.0 Å². The number of terminal acetylenes is 1. The van der Waals surface area contributed by atoms with Crippen LogP contribution in [0, 0.1) is 19.3 Å². The van der Waals surface area contributed by atoms with E-state index in [4.69, 9.17) is 5.73 Å². The van der Waals surface area contributed by atoms with E-state index in [1.165, 1.54) is 78.7 Å². The highest BCUT2D eigenvalue weighted by Crippen LogP contribution is 2.23. The first-order valence-corrected chi connectivity index (χ1v) is 16.9. The van der Waals surface area contributed by atoms with Crippen LogP contribution in [-0.2, 0) is 17.6 Å². The summed E-state index contributed by atoms with van der Waals surface area (Å²) in [7, 11) is 2.14. The van der Waals surface area contributed by atoms with E-state index in [2.05, 4.69) is 102 Å². The molecule has 1 heterocycles. The lowest BCUT2D eigenvalue weighted by atomic mass is 9.91. The average Bonchev–Trinajstić information content (AvgIpc) is 2.98. The summed E-state index contributed by atoms with van der Waals surface area (Å²) in [6, 6.07) is 4.43. The molecule has 0 aromatic heterocycles. The number of aryl methyl sites for hydroxylation is 1. The number of aliphatic imine (C=N–C) groups is 1. The van der Waals surface area contributed by atoms with E-state index in [0.29, 0.717) is 12.3 Å². The molecule has 1 aromatic carbocycles. The van der Waals surface area contributed by atoms with Crippen LogP contribution in [0.15, 0.2) is 41.1 Å². The van der Waals surface area contributed by atoms with Gasteiger partial charge in [0.05, 0.1) is 0 Å². The lowest BCUT2D eigenvalue weighted by Gasteiger charge is -2.14.